The first-order chi connectivity index (χ1) is 10.6. The van der Waals surface area contributed by atoms with Crippen molar-refractivity contribution in [2.45, 2.75) is 26.4 Å². The second kappa shape index (κ2) is 5.16. The second-order valence-corrected chi connectivity index (χ2v) is 5.22. The highest BCUT2D eigenvalue weighted by Crippen LogP contribution is 2.27. The van der Waals surface area contributed by atoms with E-state index in [2.05, 4.69) is 10.1 Å². The van der Waals surface area contributed by atoms with Gasteiger partial charge in [0.2, 0.25) is 0 Å². The number of hydrogen-bond acceptors (Lipinski definition) is 5. The minimum absolute atomic E-state index is 0.0802. The van der Waals surface area contributed by atoms with E-state index in [1.165, 1.54) is 10.7 Å². The van der Waals surface area contributed by atoms with Gasteiger partial charge >= 0.3 is 0 Å². The highest BCUT2D eigenvalue weighted by molar-refractivity contribution is 5.64. The van der Waals surface area contributed by atoms with Gasteiger partial charge in [-0.2, -0.15) is 5.26 Å². The Kier molecular flexibility index (Phi) is 3.31. The maximum atomic E-state index is 12.7. The van der Waals surface area contributed by atoms with Crippen LogP contribution in [0, 0.1) is 11.3 Å². The molecular weight excluding hydrogens is 284 g/mol. The molecule has 7 nitrogen and oxygen atoms in total. The summed E-state index contributed by atoms with van der Waals surface area (Å²) < 4.78 is 6.77. The van der Waals surface area contributed by atoms with E-state index in [1.54, 1.807) is 12.1 Å². The second-order valence-electron chi connectivity index (χ2n) is 5.22. The first kappa shape index (κ1) is 14.1. The lowest BCUT2D eigenvalue weighted by atomic mass is 10.0. The van der Waals surface area contributed by atoms with E-state index in [-0.39, 0.29) is 29.3 Å². The van der Waals surface area contributed by atoms with Crippen LogP contribution >= 0.6 is 0 Å². The standard InChI is InChI=1S/C15H14N4O3/c1-8(2)12-13(11-4-3-10(7-20)22-11)18-14-9(5-16)6-17-19(14)15(12)21/h3-4,6,8,17,20H,7H2,1-2H3. The molecule has 0 aliphatic carbocycles. The summed E-state index contributed by atoms with van der Waals surface area (Å²) in [6.45, 7) is 3.54. The van der Waals surface area contributed by atoms with E-state index in [9.17, 15) is 4.79 Å². The number of nitrogens with zero attached hydrogens (tertiary/aromatic N) is 3. The summed E-state index contributed by atoms with van der Waals surface area (Å²) in [6, 6.07) is 5.29. The molecule has 0 radical (unpaired) electrons. The third-order valence-electron chi connectivity index (χ3n) is 3.45. The van der Waals surface area contributed by atoms with Gasteiger partial charge in [-0.05, 0) is 18.1 Å². The molecule has 0 unspecified atom stereocenters. The Hall–Kier alpha value is -2.85. The summed E-state index contributed by atoms with van der Waals surface area (Å²) >= 11 is 0. The van der Waals surface area contributed by atoms with Gasteiger partial charge in [0.05, 0.1) is 5.56 Å². The summed E-state index contributed by atoms with van der Waals surface area (Å²) in [5, 5.41) is 21.0. The van der Waals surface area contributed by atoms with E-state index in [0.717, 1.165) is 0 Å². The van der Waals surface area contributed by atoms with Gasteiger partial charge in [-0.25, -0.2) is 9.50 Å². The number of aliphatic hydroxyl groups is 1. The molecule has 0 atom stereocenters. The number of nitrogens with one attached hydrogen (secondary N) is 1. The molecule has 0 saturated heterocycles. The molecule has 2 N–H and O–H groups in total. The van der Waals surface area contributed by atoms with Crippen LogP contribution in [-0.4, -0.2) is 19.7 Å². The molecule has 0 bridgehead atoms. The Morgan fingerprint density at radius 1 is 1.50 bits per heavy atom. The Morgan fingerprint density at radius 3 is 2.86 bits per heavy atom. The summed E-state index contributed by atoms with van der Waals surface area (Å²) in [7, 11) is 0. The van der Waals surface area contributed by atoms with Crippen molar-refractivity contribution in [3.63, 3.8) is 0 Å². The van der Waals surface area contributed by atoms with Crippen LogP contribution in [0.4, 0.5) is 0 Å². The number of aromatic amines is 1. The quantitative estimate of drug-likeness (QED) is 0.766. The van der Waals surface area contributed by atoms with E-state index in [0.29, 0.717) is 22.8 Å². The van der Waals surface area contributed by atoms with E-state index < -0.39 is 0 Å². The molecule has 0 amide bonds. The number of aromatic nitrogens is 3. The lowest BCUT2D eigenvalue weighted by Crippen LogP contribution is -2.22. The molecule has 0 aliphatic rings. The zero-order chi connectivity index (χ0) is 15.9. The van der Waals surface area contributed by atoms with Gasteiger partial charge in [0.1, 0.15) is 29.7 Å². The minimum atomic E-state index is -0.265. The number of rotatable bonds is 3. The summed E-state index contributed by atoms with van der Waals surface area (Å²) in [5.41, 5.74) is 1.16. The molecule has 7 heteroatoms. The molecule has 0 aliphatic heterocycles. The van der Waals surface area contributed by atoms with Gasteiger partial charge in [-0.1, -0.05) is 13.8 Å². The number of hydrogen-bond donors (Lipinski definition) is 2. The monoisotopic (exact) mass is 298 g/mol. The molecule has 0 spiro atoms. The first-order valence-corrected chi connectivity index (χ1v) is 6.81. The molecule has 3 aromatic rings. The van der Waals surface area contributed by atoms with Gasteiger partial charge in [-0.3, -0.25) is 9.89 Å². The Balaban J connectivity index is 2.38. The average molecular weight is 298 g/mol. The average Bonchev–Trinajstić information content (AvgIpc) is 3.12. The maximum Gasteiger partial charge on any atom is 0.276 e. The van der Waals surface area contributed by atoms with Crippen molar-refractivity contribution in [3.8, 4) is 17.5 Å². The molecule has 3 heterocycles. The van der Waals surface area contributed by atoms with Gasteiger partial charge in [0, 0.05) is 6.20 Å². The van der Waals surface area contributed by atoms with Crippen molar-refractivity contribution in [1.29, 1.82) is 5.26 Å². The molecule has 0 fully saturated rings. The van der Waals surface area contributed by atoms with Gasteiger partial charge < -0.3 is 9.52 Å². The first-order valence-electron chi connectivity index (χ1n) is 6.81. The maximum absolute atomic E-state index is 12.7. The predicted molar refractivity (Wildman–Crippen MR) is 78.2 cm³/mol. The van der Waals surface area contributed by atoms with Crippen molar-refractivity contribution < 1.29 is 9.52 Å². The Morgan fingerprint density at radius 2 is 2.27 bits per heavy atom. The lowest BCUT2D eigenvalue weighted by molar-refractivity contribution is 0.248. The normalized spacial score (nSPS) is 11.2. The summed E-state index contributed by atoms with van der Waals surface area (Å²) in [5.74, 6) is 0.710. The number of nitriles is 1. The van der Waals surface area contributed by atoms with Crippen molar-refractivity contribution in [2.75, 3.05) is 0 Å². The number of H-pyrrole nitrogens is 1. The fourth-order valence-electron chi connectivity index (χ4n) is 2.41. The zero-order valence-electron chi connectivity index (χ0n) is 12.1. The summed E-state index contributed by atoms with van der Waals surface area (Å²) in [4.78, 5) is 17.1. The van der Waals surface area contributed by atoms with Crippen LogP contribution in [0.2, 0.25) is 0 Å². The molecule has 0 saturated carbocycles. The van der Waals surface area contributed by atoms with Crippen molar-refractivity contribution in [2.24, 2.45) is 0 Å². The topological polar surface area (TPSA) is 107 Å². The van der Waals surface area contributed by atoms with Crippen molar-refractivity contribution >= 4 is 5.65 Å². The lowest BCUT2D eigenvalue weighted by Gasteiger charge is -2.10. The molecular formula is C15H14N4O3. The van der Waals surface area contributed by atoms with Crippen molar-refractivity contribution in [3.05, 3.63) is 45.6 Å². The SMILES string of the molecule is CC(C)c1c(-c2ccc(CO)o2)nc2c(C#N)c[nH]n2c1=O. The van der Waals surface area contributed by atoms with E-state index in [1.807, 2.05) is 19.9 Å². The Bertz CT molecular complexity index is 940. The fraction of sp³-hybridized carbons (Fsp3) is 0.267. The van der Waals surface area contributed by atoms with Crippen LogP contribution in [0.25, 0.3) is 17.1 Å². The zero-order valence-corrected chi connectivity index (χ0v) is 12.1. The van der Waals surface area contributed by atoms with Gasteiger partial charge in [0.15, 0.2) is 11.4 Å². The molecule has 0 aromatic carbocycles. The molecule has 112 valence electrons. The van der Waals surface area contributed by atoms with Crippen molar-refractivity contribution in [1.82, 2.24) is 14.6 Å². The largest absolute Gasteiger partial charge is 0.457 e. The van der Waals surface area contributed by atoms with Crippen LogP contribution in [0.1, 0.15) is 36.7 Å². The van der Waals surface area contributed by atoms with Crippen LogP contribution in [0.3, 0.4) is 0 Å². The van der Waals surface area contributed by atoms with Gasteiger partial charge in [-0.15, -0.1) is 0 Å². The molecule has 22 heavy (non-hydrogen) atoms. The molecule has 3 rings (SSSR count). The minimum Gasteiger partial charge on any atom is -0.457 e. The van der Waals surface area contributed by atoms with E-state index >= 15 is 0 Å². The summed E-state index contributed by atoms with van der Waals surface area (Å²) in [6.07, 6.45) is 1.44. The van der Waals surface area contributed by atoms with Crippen LogP contribution in [-0.2, 0) is 6.61 Å². The van der Waals surface area contributed by atoms with E-state index in [4.69, 9.17) is 14.8 Å². The number of fused-ring (bicyclic) bond motifs is 1. The highest BCUT2D eigenvalue weighted by Gasteiger charge is 2.21. The molecule has 3 aromatic heterocycles. The third kappa shape index (κ3) is 2.01. The van der Waals surface area contributed by atoms with Gasteiger partial charge in [0.25, 0.3) is 5.56 Å². The Labute approximate surface area is 125 Å². The van der Waals surface area contributed by atoms with Crippen LogP contribution in [0.15, 0.2) is 27.5 Å². The predicted octanol–water partition coefficient (Wildman–Crippen LogP) is 1.77. The smallest absolute Gasteiger partial charge is 0.276 e. The fourth-order valence-corrected chi connectivity index (χ4v) is 2.41. The van der Waals surface area contributed by atoms with Crippen LogP contribution in [0.5, 0.6) is 0 Å². The number of aliphatic hydroxyl groups excluding tert-OH is 1. The number of furan rings is 1. The highest BCUT2D eigenvalue weighted by atomic mass is 16.4. The third-order valence-corrected chi connectivity index (χ3v) is 3.45. The van der Waals surface area contributed by atoms with Crippen LogP contribution < -0.4 is 5.56 Å².